The van der Waals surface area contributed by atoms with Crippen molar-refractivity contribution in [1.29, 1.82) is 0 Å². The van der Waals surface area contributed by atoms with Crippen LogP contribution in [-0.4, -0.2) is 49.1 Å². The highest BCUT2D eigenvalue weighted by molar-refractivity contribution is 7.91. The molecule has 124 valence electrons. The molecule has 0 amide bonds. The third kappa shape index (κ3) is 4.27. The van der Waals surface area contributed by atoms with Crippen LogP contribution in [0.15, 0.2) is 18.2 Å². The highest BCUT2D eigenvalue weighted by Gasteiger charge is 2.32. The van der Waals surface area contributed by atoms with Gasteiger partial charge >= 0.3 is 0 Å². The second-order valence-corrected chi connectivity index (χ2v) is 8.30. The Morgan fingerprint density at radius 1 is 1.45 bits per heavy atom. The summed E-state index contributed by atoms with van der Waals surface area (Å²) in [7, 11) is -2.95. The first kappa shape index (κ1) is 17.4. The standard InChI is InChI=1S/C16H24FNO3S/c1-3-7-18(14-6-8-22(20,21)11-14)10-16(19)15-5-4-13(17)9-12(15)2/h4-5,9,14,16,19H,3,6-8,10-11H2,1-2H3. The van der Waals surface area contributed by atoms with Crippen molar-refractivity contribution in [2.75, 3.05) is 24.6 Å². The first-order valence-electron chi connectivity index (χ1n) is 7.71. The van der Waals surface area contributed by atoms with Gasteiger partial charge in [-0.15, -0.1) is 0 Å². The molecule has 2 rings (SSSR count). The molecule has 1 fully saturated rings. The molecule has 0 aromatic heterocycles. The number of aliphatic hydroxyl groups excluding tert-OH is 1. The maximum absolute atomic E-state index is 13.2. The van der Waals surface area contributed by atoms with Gasteiger partial charge in [0.05, 0.1) is 17.6 Å². The number of benzene rings is 1. The van der Waals surface area contributed by atoms with Gasteiger partial charge in [0, 0.05) is 12.6 Å². The molecule has 2 unspecified atom stereocenters. The van der Waals surface area contributed by atoms with Crippen molar-refractivity contribution in [2.24, 2.45) is 0 Å². The van der Waals surface area contributed by atoms with Crippen LogP contribution in [0.3, 0.4) is 0 Å². The molecule has 4 nitrogen and oxygen atoms in total. The van der Waals surface area contributed by atoms with Crippen molar-refractivity contribution in [1.82, 2.24) is 4.90 Å². The van der Waals surface area contributed by atoms with E-state index in [-0.39, 0.29) is 23.4 Å². The van der Waals surface area contributed by atoms with E-state index in [0.29, 0.717) is 24.1 Å². The molecule has 1 heterocycles. The van der Waals surface area contributed by atoms with Crippen LogP contribution < -0.4 is 0 Å². The molecule has 1 aliphatic rings. The SMILES string of the molecule is CCCN(CC(O)c1ccc(F)cc1C)C1CCS(=O)(=O)C1. The number of hydrogen-bond acceptors (Lipinski definition) is 4. The molecule has 0 bridgehead atoms. The van der Waals surface area contributed by atoms with Crippen molar-refractivity contribution in [3.8, 4) is 0 Å². The van der Waals surface area contributed by atoms with Gasteiger partial charge in [-0.3, -0.25) is 4.90 Å². The van der Waals surface area contributed by atoms with Crippen LogP contribution in [0.25, 0.3) is 0 Å². The van der Waals surface area contributed by atoms with Crippen molar-refractivity contribution >= 4 is 9.84 Å². The molecule has 0 saturated carbocycles. The van der Waals surface area contributed by atoms with E-state index >= 15 is 0 Å². The van der Waals surface area contributed by atoms with Crippen LogP contribution in [0.5, 0.6) is 0 Å². The first-order valence-corrected chi connectivity index (χ1v) is 9.53. The summed E-state index contributed by atoms with van der Waals surface area (Å²) in [5.41, 5.74) is 1.41. The Hall–Kier alpha value is -0.980. The number of rotatable bonds is 6. The van der Waals surface area contributed by atoms with E-state index in [0.717, 1.165) is 13.0 Å². The number of hydrogen-bond donors (Lipinski definition) is 1. The summed E-state index contributed by atoms with van der Waals surface area (Å²) in [4.78, 5) is 2.05. The van der Waals surface area contributed by atoms with Crippen LogP contribution in [0.1, 0.15) is 37.0 Å². The molecular formula is C16H24FNO3S. The van der Waals surface area contributed by atoms with E-state index in [1.807, 2.05) is 6.92 Å². The van der Waals surface area contributed by atoms with E-state index in [1.54, 1.807) is 13.0 Å². The van der Waals surface area contributed by atoms with Crippen LogP contribution >= 0.6 is 0 Å². The summed E-state index contributed by atoms with van der Waals surface area (Å²) in [6.45, 7) is 4.93. The lowest BCUT2D eigenvalue weighted by Crippen LogP contribution is -2.39. The number of nitrogens with zero attached hydrogens (tertiary/aromatic N) is 1. The minimum Gasteiger partial charge on any atom is -0.387 e. The average molecular weight is 329 g/mol. The smallest absolute Gasteiger partial charge is 0.151 e. The lowest BCUT2D eigenvalue weighted by atomic mass is 10.0. The molecule has 1 aliphatic heterocycles. The van der Waals surface area contributed by atoms with E-state index in [1.165, 1.54) is 12.1 Å². The Morgan fingerprint density at radius 3 is 2.73 bits per heavy atom. The Balaban J connectivity index is 2.10. The van der Waals surface area contributed by atoms with Crippen molar-refractivity contribution < 1.29 is 17.9 Å². The molecule has 2 atom stereocenters. The highest BCUT2D eigenvalue weighted by atomic mass is 32.2. The number of sulfone groups is 1. The molecule has 6 heteroatoms. The fourth-order valence-electron chi connectivity index (χ4n) is 3.11. The van der Waals surface area contributed by atoms with Crippen LogP contribution in [0.4, 0.5) is 4.39 Å². The maximum Gasteiger partial charge on any atom is 0.151 e. The summed E-state index contributed by atoms with van der Waals surface area (Å²) in [5, 5.41) is 10.5. The minimum atomic E-state index is -2.95. The fourth-order valence-corrected chi connectivity index (χ4v) is 4.87. The quantitative estimate of drug-likeness (QED) is 0.868. The van der Waals surface area contributed by atoms with Crippen molar-refractivity contribution in [3.05, 3.63) is 35.1 Å². The van der Waals surface area contributed by atoms with Crippen molar-refractivity contribution in [2.45, 2.75) is 38.8 Å². The molecule has 1 aromatic carbocycles. The minimum absolute atomic E-state index is 0.0274. The van der Waals surface area contributed by atoms with Crippen LogP contribution in [0.2, 0.25) is 0 Å². The first-order chi connectivity index (χ1) is 10.3. The fraction of sp³-hybridized carbons (Fsp3) is 0.625. The van der Waals surface area contributed by atoms with E-state index in [9.17, 15) is 17.9 Å². The second kappa shape index (κ2) is 7.06. The van der Waals surface area contributed by atoms with E-state index in [2.05, 4.69) is 4.90 Å². The molecule has 1 N–H and O–H groups in total. The van der Waals surface area contributed by atoms with Gasteiger partial charge in [0.25, 0.3) is 0 Å². The monoisotopic (exact) mass is 329 g/mol. The van der Waals surface area contributed by atoms with Gasteiger partial charge in [0.1, 0.15) is 5.82 Å². The third-order valence-electron chi connectivity index (χ3n) is 4.23. The summed E-state index contributed by atoms with van der Waals surface area (Å²) in [6.07, 6.45) is 0.777. The maximum atomic E-state index is 13.2. The van der Waals surface area contributed by atoms with Gasteiger partial charge < -0.3 is 5.11 Å². The number of aliphatic hydroxyl groups is 1. The van der Waals surface area contributed by atoms with Gasteiger partial charge in [0.2, 0.25) is 0 Å². The van der Waals surface area contributed by atoms with Gasteiger partial charge in [-0.25, -0.2) is 12.8 Å². The zero-order chi connectivity index (χ0) is 16.3. The summed E-state index contributed by atoms with van der Waals surface area (Å²) in [6, 6.07) is 4.32. The lowest BCUT2D eigenvalue weighted by molar-refractivity contribution is 0.0921. The van der Waals surface area contributed by atoms with Gasteiger partial charge in [-0.2, -0.15) is 0 Å². The Labute approximate surface area is 131 Å². The molecule has 0 radical (unpaired) electrons. The molecule has 1 aromatic rings. The van der Waals surface area contributed by atoms with E-state index in [4.69, 9.17) is 0 Å². The molecule has 0 aliphatic carbocycles. The predicted molar refractivity (Wildman–Crippen MR) is 85.0 cm³/mol. The Morgan fingerprint density at radius 2 is 2.18 bits per heavy atom. The molecular weight excluding hydrogens is 305 g/mol. The van der Waals surface area contributed by atoms with Gasteiger partial charge in [-0.1, -0.05) is 13.0 Å². The molecule has 0 spiro atoms. The topological polar surface area (TPSA) is 57.6 Å². The molecule has 1 saturated heterocycles. The predicted octanol–water partition coefficient (Wildman–Crippen LogP) is 2.07. The average Bonchev–Trinajstić information content (AvgIpc) is 2.78. The van der Waals surface area contributed by atoms with Crippen LogP contribution in [-0.2, 0) is 9.84 Å². The summed E-state index contributed by atoms with van der Waals surface area (Å²) in [5.74, 6) is 0.0758. The summed E-state index contributed by atoms with van der Waals surface area (Å²) >= 11 is 0. The van der Waals surface area contributed by atoms with Crippen molar-refractivity contribution in [3.63, 3.8) is 0 Å². The highest BCUT2D eigenvalue weighted by Crippen LogP contribution is 2.24. The van der Waals surface area contributed by atoms with E-state index < -0.39 is 15.9 Å². The van der Waals surface area contributed by atoms with Gasteiger partial charge in [0.15, 0.2) is 9.84 Å². The second-order valence-electron chi connectivity index (χ2n) is 6.07. The van der Waals surface area contributed by atoms with Gasteiger partial charge in [-0.05, 0) is 49.6 Å². The normalized spacial score (nSPS) is 22.1. The lowest BCUT2D eigenvalue weighted by Gasteiger charge is -2.30. The Bertz CT molecular complexity index is 618. The largest absolute Gasteiger partial charge is 0.387 e. The number of halogens is 1. The Kier molecular flexibility index (Phi) is 5.58. The number of aryl methyl sites for hydroxylation is 1. The molecule has 22 heavy (non-hydrogen) atoms. The third-order valence-corrected chi connectivity index (χ3v) is 5.98. The zero-order valence-corrected chi connectivity index (χ0v) is 13.9. The summed E-state index contributed by atoms with van der Waals surface area (Å²) < 4.78 is 36.5. The zero-order valence-electron chi connectivity index (χ0n) is 13.1. The van der Waals surface area contributed by atoms with Crippen LogP contribution in [0, 0.1) is 12.7 Å².